The molecule has 6 N–H and O–H groups in total. The van der Waals surface area contributed by atoms with Gasteiger partial charge in [-0.15, -0.1) is 0 Å². The van der Waals surface area contributed by atoms with Crippen LogP contribution in [0.15, 0.2) is 140 Å². The second-order valence-electron chi connectivity index (χ2n) is 16.5. The zero-order valence-corrected chi connectivity index (χ0v) is 40.8. The van der Waals surface area contributed by atoms with Crippen molar-refractivity contribution in [2.75, 3.05) is 31.1 Å². The Morgan fingerprint density at radius 2 is 1.18 bits per heavy atom. The maximum absolute atomic E-state index is 13.5. The number of Topliss-reactive ketones (excluding diaryl/α,β-unsaturated/α-hetero) is 2. The number of ether oxygens (including phenoxy) is 1. The molecule has 1 aliphatic rings. The summed E-state index contributed by atoms with van der Waals surface area (Å²) in [5, 5.41) is 14.9. The van der Waals surface area contributed by atoms with Crippen LogP contribution in [0.2, 0.25) is 0 Å². The second kappa shape index (κ2) is 25.8. The number of halogens is 2. The van der Waals surface area contributed by atoms with Crippen LogP contribution in [0.25, 0.3) is 22.0 Å². The Bertz CT molecular complexity index is 3070. The fourth-order valence-electron chi connectivity index (χ4n) is 7.90. The Hall–Kier alpha value is -9.14. The molecule has 0 bridgehead atoms. The number of pyridine rings is 1. The van der Waals surface area contributed by atoms with E-state index in [1.807, 2.05) is 55.1 Å². The third-order valence-corrected chi connectivity index (χ3v) is 11.5. The van der Waals surface area contributed by atoms with Crippen molar-refractivity contribution in [2.45, 2.75) is 51.9 Å². The molecule has 74 heavy (non-hydrogen) atoms. The van der Waals surface area contributed by atoms with Crippen molar-refractivity contribution in [1.82, 2.24) is 40.1 Å². The number of hydrogen-bond donors (Lipinski definition) is 4. The number of nitrogens with one attached hydrogen (secondary N) is 2. The monoisotopic (exact) mass is 1010 g/mol. The molecule has 5 amide bonds. The van der Waals surface area contributed by atoms with Gasteiger partial charge in [0.15, 0.2) is 5.82 Å². The van der Waals surface area contributed by atoms with E-state index in [4.69, 9.17) is 16.2 Å². The lowest BCUT2D eigenvalue weighted by atomic mass is 9.99. The topological polar surface area (TPSA) is 260 Å². The van der Waals surface area contributed by atoms with Crippen LogP contribution in [0, 0.1) is 0 Å². The molecule has 4 aromatic carbocycles. The van der Waals surface area contributed by atoms with Gasteiger partial charge in [0, 0.05) is 81.8 Å². The number of primary amides is 2. The van der Waals surface area contributed by atoms with Crippen molar-refractivity contribution in [2.24, 2.45) is 18.5 Å². The van der Waals surface area contributed by atoms with Gasteiger partial charge in [-0.25, -0.2) is 9.48 Å². The van der Waals surface area contributed by atoms with Gasteiger partial charge in [0.25, 0.3) is 23.6 Å². The lowest BCUT2D eigenvalue weighted by Crippen LogP contribution is -2.50. The van der Waals surface area contributed by atoms with Gasteiger partial charge in [-0.05, 0) is 28.1 Å². The number of piperazine rings is 1. The summed E-state index contributed by atoms with van der Waals surface area (Å²) < 4.78 is 34.3. The van der Waals surface area contributed by atoms with E-state index in [2.05, 4.69) is 25.8 Å². The average molecular weight is 1010 g/mol. The van der Waals surface area contributed by atoms with Gasteiger partial charge in [0.1, 0.15) is 29.9 Å². The lowest BCUT2D eigenvalue weighted by Gasteiger charge is -2.34. The molecule has 0 radical (unpaired) electrons. The third-order valence-electron chi connectivity index (χ3n) is 11.5. The Morgan fingerprint density at radius 1 is 0.649 bits per heavy atom. The molecule has 1 fully saturated rings. The number of aromatic nitrogens is 5. The number of nitrogens with zero attached hydrogens (tertiary/aromatic N) is 7. The van der Waals surface area contributed by atoms with Gasteiger partial charge in [0.05, 0.1) is 5.56 Å². The van der Waals surface area contributed by atoms with Crippen molar-refractivity contribution < 1.29 is 47.1 Å². The first-order valence-electron chi connectivity index (χ1n) is 23.5. The summed E-state index contributed by atoms with van der Waals surface area (Å²) in [5.41, 5.74) is 13.3. The smallest absolute Gasteiger partial charge is 0.410 e. The van der Waals surface area contributed by atoms with E-state index in [1.165, 1.54) is 10.9 Å². The first kappa shape index (κ1) is 54.2. The molecule has 0 aliphatic carbocycles. The number of amides is 5. The molecule has 19 nitrogen and oxygen atoms in total. The number of carbonyl (C=O) groups excluding carboxylic acids is 7. The van der Waals surface area contributed by atoms with Crippen LogP contribution >= 0.6 is 0 Å². The molecule has 1 aliphatic heterocycles. The molecular weight excluding hydrogens is 957 g/mol. The molecule has 0 saturated carbocycles. The number of benzene rings is 4. The number of anilines is 1. The summed E-state index contributed by atoms with van der Waals surface area (Å²) in [7, 11) is 1.69. The normalized spacial score (nSPS) is 12.8. The minimum atomic E-state index is -3.00. The standard InChI is InChI=1S/C27H30N6O5.C24H19F2N5O3.C2H6/c1-31-17-21(26(36)29-22(23(34)24(28)35)16-19-8-4-2-5-9-19)25(30-31)32-12-14-33(15-13-32)27(37)38-18-20-10-6-3-7-11-20;25-24(26)31-13-18(20(30-31)17-8-4-7-15-12-28-10-9-16(15)17)23(34)29-19(21(32)22(27)33)11-14-5-2-1-3-6-14;1-2/h2-11,17,22H,12-16,18H2,1H3,(H2,28,35)(H,29,36);1-10,12-13,19,24H,11H2,(H2,27,33)(H,29,34);1-2H3. The van der Waals surface area contributed by atoms with E-state index in [-0.39, 0.29) is 36.3 Å². The summed E-state index contributed by atoms with van der Waals surface area (Å²) in [4.78, 5) is 94.7. The van der Waals surface area contributed by atoms with Gasteiger partial charge < -0.3 is 36.6 Å². The van der Waals surface area contributed by atoms with Gasteiger partial charge >= 0.3 is 12.6 Å². The van der Waals surface area contributed by atoms with E-state index < -0.39 is 59.9 Å². The van der Waals surface area contributed by atoms with Crippen LogP contribution in [-0.4, -0.2) is 109 Å². The van der Waals surface area contributed by atoms with Crippen LogP contribution in [-0.2, 0) is 50.4 Å². The molecule has 384 valence electrons. The van der Waals surface area contributed by atoms with E-state index in [9.17, 15) is 42.3 Å². The molecule has 4 heterocycles. The Morgan fingerprint density at radius 3 is 1.70 bits per heavy atom. The zero-order chi connectivity index (χ0) is 53.3. The fraction of sp³-hybridized carbons (Fsp3) is 0.245. The first-order chi connectivity index (χ1) is 35.7. The minimum absolute atomic E-state index is 0.000384. The fourth-order valence-corrected chi connectivity index (χ4v) is 7.90. The third kappa shape index (κ3) is 14.0. The summed E-state index contributed by atoms with van der Waals surface area (Å²) in [6, 6.07) is 31.6. The number of ketones is 2. The number of carbonyl (C=O) groups is 7. The summed E-state index contributed by atoms with van der Waals surface area (Å²) in [5.74, 6) is -5.19. The summed E-state index contributed by atoms with van der Waals surface area (Å²) in [6.07, 6.45) is 5.31. The van der Waals surface area contributed by atoms with Crippen LogP contribution < -0.4 is 27.0 Å². The van der Waals surface area contributed by atoms with Gasteiger partial charge in [-0.1, -0.05) is 123 Å². The summed E-state index contributed by atoms with van der Waals surface area (Å²) >= 11 is 0. The van der Waals surface area contributed by atoms with Crippen LogP contribution in [0.1, 0.15) is 57.8 Å². The number of aryl methyl sites for hydroxylation is 1. The number of hydrogen-bond acceptors (Lipinski definition) is 12. The molecular formula is C53H55F2N11O8. The number of alkyl halides is 2. The largest absolute Gasteiger partial charge is 0.445 e. The van der Waals surface area contributed by atoms with Crippen molar-refractivity contribution in [3.05, 3.63) is 168 Å². The lowest BCUT2D eigenvalue weighted by molar-refractivity contribution is -0.137. The van der Waals surface area contributed by atoms with E-state index in [0.717, 1.165) is 22.7 Å². The van der Waals surface area contributed by atoms with Crippen molar-refractivity contribution in [3.63, 3.8) is 0 Å². The van der Waals surface area contributed by atoms with Gasteiger partial charge in [0.2, 0.25) is 11.6 Å². The van der Waals surface area contributed by atoms with E-state index in [1.54, 1.807) is 103 Å². The Kier molecular flexibility index (Phi) is 18.9. The quantitative estimate of drug-likeness (QED) is 0.0860. The molecule has 0 spiro atoms. The second-order valence-corrected chi connectivity index (χ2v) is 16.5. The van der Waals surface area contributed by atoms with Crippen LogP contribution in [0.5, 0.6) is 0 Å². The summed E-state index contributed by atoms with van der Waals surface area (Å²) in [6.45, 7) is 2.85. The molecule has 1 saturated heterocycles. The molecule has 21 heteroatoms. The van der Waals surface area contributed by atoms with Crippen molar-refractivity contribution in [1.29, 1.82) is 0 Å². The van der Waals surface area contributed by atoms with Crippen molar-refractivity contribution in [3.8, 4) is 11.3 Å². The van der Waals surface area contributed by atoms with Crippen LogP contribution in [0.4, 0.5) is 19.4 Å². The molecule has 7 aromatic rings. The average Bonchev–Trinajstić information content (AvgIpc) is 4.06. The van der Waals surface area contributed by atoms with Crippen molar-refractivity contribution >= 4 is 57.9 Å². The molecule has 2 unspecified atom stereocenters. The maximum Gasteiger partial charge on any atom is 0.410 e. The minimum Gasteiger partial charge on any atom is -0.445 e. The van der Waals surface area contributed by atoms with Gasteiger partial charge in [-0.2, -0.15) is 19.0 Å². The number of fused-ring (bicyclic) bond motifs is 1. The predicted molar refractivity (Wildman–Crippen MR) is 270 cm³/mol. The molecule has 2 atom stereocenters. The number of rotatable bonds is 17. The SMILES string of the molecule is CC.Cn1cc(C(=O)NC(Cc2ccccc2)C(=O)C(N)=O)c(N2CCN(C(=O)OCc3ccccc3)CC2)n1.NC(=O)C(=O)C(Cc1ccccc1)NC(=O)c1cn(C(F)F)nc1-c1cccc2cnccc12. The highest BCUT2D eigenvalue weighted by Gasteiger charge is 2.32. The van der Waals surface area contributed by atoms with E-state index in [0.29, 0.717) is 53.2 Å². The predicted octanol–water partition coefficient (Wildman–Crippen LogP) is 5.19. The number of nitrogens with two attached hydrogens (primary N) is 2. The highest BCUT2D eigenvalue weighted by Crippen LogP contribution is 2.31. The highest BCUT2D eigenvalue weighted by atomic mass is 19.3. The van der Waals surface area contributed by atoms with Gasteiger partial charge in [-0.3, -0.25) is 38.4 Å². The Balaban J connectivity index is 0.000000234. The Labute approximate surface area is 424 Å². The zero-order valence-electron chi connectivity index (χ0n) is 40.8. The van der Waals surface area contributed by atoms with Crippen LogP contribution in [0.3, 0.4) is 0 Å². The molecule has 3 aromatic heterocycles. The first-order valence-corrected chi connectivity index (χ1v) is 23.5. The highest BCUT2D eigenvalue weighted by molar-refractivity contribution is 6.38. The van der Waals surface area contributed by atoms with E-state index >= 15 is 0 Å². The molecule has 8 rings (SSSR count). The maximum atomic E-state index is 13.5.